The molecule has 110 valence electrons. The highest BCUT2D eigenvalue weighted by Crippen LogP contribution is 2.30. The third kappa shape index (κ3) is 2.61. The van der Waals surface area contributed by atoms with Gasteiger partial charge in [0.15, 0.2) is 0 Å². The van der Waals surface area contributed by atoms with Gasteiger partial charge in [-0.3, -0.25) is 4.79 Å². The molecule has 0 unspecified atom stereocenters. The van der Waals surface area contributed by atoms with Gasteiger partial charge in [-0.2, -0.15) is 13.2 Å². The van der Waals surface area contributed by atoms with Crippen LogP contribution in [0.3, 0.4) is 0 Å². The fourth-order valence-corrected chi connectivity index (χ4v) is 2.21. The van der Waals surface area contributed by atoms with E-state index < -0.39 is 17.6 Å². The van der Waals surface area contributed by atoms with Crippen LogP contribution in [0.4, 0.5) is 13.2 Å². The summed E-state index contributed by atoms with van der Waals surface area (Å²) in [4.78, 5) is 13.6. The van der Waals surface area contributed by atoms with Crippen molar-refractivity contribution in [2.45, 2.75) is 12.2 Å². The van der Waals surface area contributed by atoms with E-state index in [4.69, 9.17) is 0 Å². The summed E-state index contributed by atoms with van der Waals surface area (Å²) in [5.74, 6) is -0.405. The molecule has 1 aromatic carbocycles. The number of amides is 1. The third-order valence-corrected chi connectivity index (χ3v) is 3.40. The van der Waals surface area contributed by atoms with Crippen molar-refractivity contribution in [2.75, 3.05) is 13.1 Å². The number of hydrogen-bond acceptors (Lipinski definition) is 3. The Bertz CT molecular complexity index is 648. The lowest BCUT2D eigenvalue weighted by molar-refractivity contribution is -0.137. The van der Waals surface area contributed by atoms with Crippen molar-refractivity contribution in [2.24, 2.45) is 0 Å². The Balaban J connectivity index is 1.70. The molecular weight excluding hydrogens is 285 g/mol. The number of halogens is 3. The Morgan fingerprint density at radius 3 is 2.67 bits per heavy atom. The first-order valence-corrected chi connectivity index (χ1v) is 6.27. The first kappa shape index (κ1) is 13.6. The summed E-state index contributed by atoms with van der Waals surface area (Å²) in [5, 5.41) is 7.51. The highest BCUT2D eigenvalue weighted by Gasteiger charge is 2.35. The quantitative estimate of drug-likeness (QED) is 0.851. The first-order valence-electron chi connectivity index (χ1n) is 6.27. The first-order chi connectivity index (χ1) is 9.95. The van der Waals surface area contributed by atoms with Gasteiger partial charge >= 0.3 is 6.18 Å². The number of carbonyl (C=O) groups is 1. The van der Waals surface area contributed by atoms with Gasteiger partial charge in [0, 0.05) is 24.8 Å². The fourth-order valence-electron chi connectivity index (χ4n) is 2.21. The van der Waals surface area contributed by atoms with E-state index >= 15 is 0 Å². The second-order valence-corrected chi connectivity index (χ2v) is 4.83. The molecule has 3 rings (SSSR count). The molecule has 0 aliphatic carbocycles. The van der Waals surface area contributed by atoms with Crippen molar-refractivity contribution >= 4 is 5.91 Å². The van der Waals surface area contributed by atoms with Crippen molar-refractivity contribution in [3.05, 3.63) is 47.8 Å². The molecule has 0 spiro atoms. The van der Waals surface area contributed by atoms with Crippen LogP contribution < -0.4 is 0 Å². The van der Waals surface area contributed by atoms with Gasteiger partial charge in [-0.15, -0.1) is 5.10 Å². The average Bonchev–Trinajstić information content (AvgIpc) is 2.90. The van der Waals surface area contributed by atoms with Crippen LogP contribution in [-0.4, -0.2) is 38.9 Å². The second-order valence-electron chi connectivity index (χ2n) is 4.83. The summed E-state index contributed by atoms with van der Waals surface area (Å²) in [6.45, 7) is 0.830. The van der Waals surface area contributed by atoms with E-state index in [1.807, 2.05) is 0 Å². The van der Waals surface area contributed by atoms with Crippen LogP contribution in [0.2, 0.25) is 0 Å². The molecule has 0 saturated carbocycles. The van der Waals surface area contributed by atoms with Crippen molar-refractivity contribution in [3.63, 3.8) is 0 Å². The highest BCUT2D eigenvalue weighted by atomic mass is 19.4. The maximum absolute atomic E-state index is 12.6. The van der Waals surface area contributed by atoms with E-state index in [1.165, 1.54) is 23.2 Å². The SMILES string of the molecule is O=C(c1cccc(C(F)(F)F)c1)N1CC(n2ccnn2)C1. The van der Waals surface area contributed by atoms with Gasteiger partial charge in [0.25, 0.3) is 5.91 Å². The van der Waals surface area contributed by atoms with Crippen molar-refractivity contribution < 1.29 is 18.0 Å². The van der Waals surface area contributed by atoms with E-state index in [2.05, 4.69) is 10.3 Å². The number of likely N-dealkylation sites (tertiary alicyclic amines) is 1. The molecule has 0 atom stereocenters. The minimum Gasteiger partial charge on any atom is -0.334 e. The largest absolute Gasteiger partial charge is 0.416 e. The van der Waals surface area contributed by atoms with Crippen LogP contribution in [0, 0.1) is 0 Å². The minimum absolute atomic E-state index is 0.0299. The average molecular weight is 296 g/mol. The number of aromatic nitrogens is 3. The zero-order valence-corrected chi connectivity index (χ0v) is 10.8. The molecule has 2 heterocycles. The summed E-state index contributed by atoms with van der Waals surface area (Å²) >= 11 is 0. The Morgan fingerprint density at radius 1 is 1.29 bits per heavy atom. The standard InChI is InChI=1S/C13H11F3N4O/c14-13(15,16)10-3-1-2-9(6-10)12(21)19-7-11(8-19)20-5-4-17-18-20/h1-6,11H,7-8H2. The number of carbonyl (C=O) groups excluding carboxylic acids is 1. The molecule has 0 N–H and O–H groups in total. The molecule has 2 aromatic rings. The molecule has 1 saturated heterocycles. The molecule has 1 fully saturated rings. The second kappa shape index (κ2) is 4.87. The lowest BCUT2D eigenvalue weighted by Gasteiger charge is -2.38. The lowest BCUT2D eigenvalue weighted by Crippen LogP contribution is -2.50. The maximum Gasteiger partial charge on any atom is 0.416 e. The van der Waals surface area contributed by atoms with E-state index in [0.717, 1.165) is 12.1 Å². The number of nitrogens with zero attached hydrogens (tertiary/aromatic N) is 4. The summed E-state index contributed by atoms with van der Waals surface area (Å²) in [6.07, 6.45) is -1.22. The van der Waals surface area contributed by atoms with Crippen LogP contribution in [0.15, 0.2) is 36.7 Å². The minimum atomic E-state index is -4.45. The summed E-state index contributed by atoms with van der Waals surface area (Å²) in [7, 11) is 0. The van der Waals surface area contributed by atoms with Crippen LogP contribution in [-0.2, 0) is 6.18 Å². The molecule has 21 heavy (non-hydrogen) atoms. The number of alkyl halides is 3. The van der Waals surface area contributed by atoms with Crippen molar-refractivity contribution in [1.29, 1.82) is 0 Å². The number of benzene rings is 1. The molecule has 0 radical (unpaired) electrons. The van der Waals surface area contributed by atoms with E-state index in [-0.39, 0.29) is 11.6 Å². The van der Waals surface area contributed by atoms with E-state index in [0.29, 0.717) is 13.1 Å². The van der Waals surface area contributed by atoms with Crippen LogP contribution >= 0.6 is 0 Å². The molecule has 5 nitrogen and oxygen atoms in total. The maximum atomic E-state index is 12.6. The summed E-state index contributed by atoms with van der Waals surface area (Å²) < 4.78 is 39.5. The fraction of sp³-hybridized carbons (Fsp3) is 0.308. The van der Waals surface area contributed by atoms with Gasteiger partial charge in [-0.05, 0) is 18.2 Å². The topological polar surface area (TPSA) is 51.0 Å². The van der Waals surface area contributed by atoms with Crippen molar-refractivity contribution in [1.82, 2.24) is 19.9 Å². The third-order valence-electron chi connectivity index (χ3n) is 3.40. The van der Waals surface area contributed by atoms with Gasteiger partial charge in [-0.25, -0.2) is 4.68 Å². The van der Waals surface area contributed by atoms with E-state index in [9.17, 15) is 18.0 Å². The van der Waals surface area contributed by atoms with Crippen LogP contribution in [0.25, 0.3) is 0 Å². The smallest absolute Gasteiger partial charge is 0.334 e. The lowest BCUT2D eigenvalue weighted by atomic mass is 10.0. The van der Waals surface area contributed by atoms with Gasteiger partial charge in [0.05, 0.1) is 17.8 Å². The molecule has 0 bridgehead atoms. The van der Waals surface area contributed by atoms with Gasteiger partial charge in [-0.1, -0.05) is 11.3 Å². The molecule has 8 heteroatoms. The number of hydrogen-bond donors (Lipinski definition) is 0. The molecule has 1 aliphatic rings. The zero-order chi connectivity index (χ0) is 15.0. The van der Waals surface area contributed by atoms with Crippen LogP contribution in [0.5, 0.6) is 0 Å². The predicted octanol–water partition coefficient (Wildman–Crippen LogP) is 1.99. The summed E-state index contributed by atoms with van der Waals surface area (Å²) in [6, 6.07) is 4.49. The van der Waals surface area contributed by atoms with E-state index in [1.54, 1.807) is 10.9 Å². The van der Waals surface area contributed by atoms with Gasteiger partial charge in [0.1, 0.15) is 0 Å². The zero-order valence-electron chi connectivity index (χ0n) is 10.8. The Morgan fingerprint density at radius 2 is 2.05 bits per heavy atom. The van der Waals surface area contributed by atoms with Gasteiger partial charge < -0.3 is 4.90 Å². The Kier molecular flexibility index (Phi) is 3.15. The Hall–Kier alpha value is -2.38. The number of rotatable bonds is 2. The normalized spacial score (nSPS) is 15.9. The predicted molar refractivity (Wildman–Crippen MR) is 66.4 cm³/mol. The Labute approximate surface area is 118 Å². The monoisotopic (exact) mass is 296 g/mol. The molecular formula is C13H11F3N4O. The highest BCUT2D eigenvalue weighted by molar-refractivity contribution is 5.95. The van der Waals surface area contributed by atoms with Gasteiger partial charge in [0.2, 0.25) is 0 Å². The molecule has 1 aliphatic heterocycles. The molecule has 1 amide bonds. The van der Waals surface area contributed by atoms with Crippen molar-refractivity contribution in [3.8, 4) is 0 Å². The van der Waals surface area contributed by atoms with Crippen LogP contribution in [0.1, 0.15) is 22.0 Å². The summed E-state index contributed by atoms with van der Waals surface area (Å²) in [5.41, 5.74) is -0.774. The molecule has 1 aromatic heterocycles.